The third-order valence-electron chi connectivity index (χ3n) is 3.06. The van der Waals surface area contributed by atoms with Crippen molar-refractivity contribution in [1.29, 1.82) is 0 Å². The van der Waals surface area contributed by atoms with Gasteiger partial charge in [-0.2, -0.15) is 0 Å². The molecular formula is C14H16Ti. The van der Waals surface area contributed by atoms with Gasteiger partial charge in [0.15, 0.2) is 0 Å². The SMILES string of the molecule is CC1=[C]([Ti][c]2cccc(C)c2C)CC=C1. The van der Waals surface area contributed by atoms with Gasteiger partial charge in [-0.25, -0.2) is 0 Å². The van der Waals surface area contributed by atoms with Gasteiger partial charge in [-0.1, -0.05) is 0 Å². The second kappa shape index (κ2) is 4.51. The average Bonchev–Trinajstić information content (AvgIpc) is 2.60. The van der Waals surface area contributed by atoms with Crippen LogP contribution in [0.3, 0.4) is 0 Å². The van der Waals surface area contributed by atoms with E-state index in [1.54, 1.807) is 7.75 Å². The second-order valence-corrected chi connectivity index (χ2v) is 6.31. The fraction of sp³-hybridized carbons (Fsp3) is 0.286. The predicted molar refractivity (Wildman–Crippen MR) is 62.0 cm³/mol. The van der Waals surface area contributed by atoms with Gasteiger partial charge in [-0.15, -0.1) is 0 Å². The van der Waals surface area contributed by atoms with Crippen molar-refractivity contribution in [3.8, 4) is 0 Å². The van der Waals surface area contributed by atoms with Gasteiger partial charge >= 0.3 is 101 Å². The summed E-state index contributed by atoms with van der Waals surface area (Å²) in [6.07, 6.45) is 5.75. The maximum atomic E-state index is 2.31. The summed E-state index contributed by atoms with van der Waals surface area (Å²) in [5.41, 5.74) is 4.45. The number of hydrogen-bond acceptors (Lipinski definition) is 0. The Hall–Kier alpha value is -0.586. The Morgan fingerprint density at radius 3 is 2.60 bits per heavy atom. The molecule has 0 amide bonds. The Bertz CT molecular complexity index is 439. The predicted octanol–water partition coefficient (Wildman–Crippen LogP) is 3.25. The number of hydrogen-bond donors (Lipinski definition) is 0. The number of benzene rings is 1. The molecular weight excluding hydrogens is 216 g/mol. The van der Waals surface area contributed by atoms with Gasteiger partial charge in [-0.3, -0.25) is 0 Å². The van der Waals surface area contributed by atoms with E-state index in [1.807, 2.05) is 0 Å². The van der Waals surface area contributed by atoms with Crippen LogP contribution in [0.25, 0.3) is 0 Å². The van der Waals surface area contributed by atoms with Crippen LogP contribution >= 0.6 is 0 Å². The number of rotatable bonds is 2. The van der Waals surface area contributed by atoms with Crippen LogP contribution < -0.4 is 3.87 Å². The summed E-state index contributed by atoms with van der Waals surface area (Å²) in [4.78, 5) is 0. The molecule has 1 aromatic rings. The molecule has 0 aromatic heterocycles. The van der Waals surface area contributed by atoms with E-state index in [0.29, 0.717) is 0 Å². The number of aryl methyl sites for hydroxylation is 1. The van der Waals surface area contributed by atoms with Gasteiger partial charge in [0.1, 0.15) is 0 Å². The molecule has 0 unspecified atom stereocenters. The molecule has 0 atom stereocenters. The molecule has 1 heteroatoms. The standard InChI is InChI=1S/C8H9.C6H7.Ti/c1-7-5-3-4-6-8(7)2;1-6-4-2-3-5-6;/h3-5H,1-2H3;2,4H,3H2,1H3;. The Morgan fingerprint density at radius 1 is 1.13 bits per heavy atom. The van der Waals surface area contributed by atoms with Gasteiger partial charge in [-0.05, 0) is 0 Å². The van der Waals surface area contributed by atoms with Crippen LogP contribution in [0.1, 0.15) is 24.5 Å². The van der Waals surface area contributed by atoms with Gasteiger partial charge < -0.3 is 0 Å². The van der Waals surface area contributed by atoms with Crippen molar-refractivity contribution >= 4 is 3.87 Å². The first-order valence-corrected chi connectivity index (χ1v) is 6.94. The first kappa shape index (κ1) is 10.9. The molecule has 76 valence electrons. The Kier molecular flexibility index (Phi) is 3.28. The van der Waals surface area contributed by atoms with E-state index in [0.717, 1.165) is 0 Å². The molecule has 0 N–H and O–H groups in total. The Morgan fingerprint density at radius 2 is 1.93 bits per heavy atom. The third kappa shape index (κ3) is 2.33. The van der Waals surface area contributed by atoms with Crippen LogP contribution in [0, 0.1) is 13.8 Å². The fourth-order valence-electron chi connectivity index (χ4n) is 1.81. The maximum absolute atomic E-state index is 2.31. The third-order valence-corrected chi connectivity index (χ3v) is 5.73. The van der Waals surface area contributed by atoms with Crippen LogP contribution in [0.4, 0.5) is 0 Å². The molecule has 0 nitrogen and oxygen atoms in total. The summed E-state index contributed by atoms with van der Waals surface area (Å²) in [5, 5.41) is 0. The topological polar surface area (TPSA) is 0 Å². The van der Waals surface area contributed by atoms with Crippen LogP contribution in [-0.4, -0.2) is 0 Å². The Balaban J connectivity index is 2.26. The first-order chi connectivity index (χ1) is 7.18. The molecule has 15 heavy (non-hydrogen) atoms. The minimum atomic E-state index is -0.0823. The van der Waals surface area contributed by atoms with E-state index < -0.39 is 0 Å². The summed E-state index contributed by atoms with van der Waals surface area (Å²) < 4.78 is 3.30. The summed E-state index contributed by atoms with van der Waals surface area (Å²) >= 11 is -0.0823. The van der Waals surface area contributed by atoms with Crippen LogP contribution in [0.2, 0.25) is 0 Å². The summed E-state index contributed by atoms with van der Waals surface area (Å²) in [7, 11) is 0. The monoisotopic (exact) mass is 232 g/mol. The van der Waals surface area contributed by atoms with Gasteiger partial charge in [0.2, 0.25) is 0 Å². The number of allylic oxidation sites excluding steroid dienone is 4. The van der Waals surface area contributed by atoms with E-state index in [4.69, 9.17) is 0 Å². The molecule has 0 bridgehead atoms. The van der Waals surface area contributed by atoms with Gasteiger partial charge in [0.05, 0.1) is 0 Å². The van der Waals surface area contributed by atoms with E-state index in [-0.39, 0.29) is 19.2 Å². The molecule has 1 aliphatic rings. The summed E-state index contributed by atoms with van der Waals surface area (Å²) in [6.45, 7) is 6.71. The van der Waals surface area contributed by atoms with Crippen LogP contribution in [-0.2, 0) is 19.2 Å². The summed E-state index contributed by atoms with van der Waals surface area (Å²) in [5.74, 6) is 0. The first-order valence-electron chi connectivity index (χ1n) is 5.38. The molecule has 0 fully saturated rings. The zero-order valence-corrected chi connectivity index (χ0v) is 11.2. The fourth-order valence-corrected chi connectivity index (χ4v) is 3.98. The van der Waals surface area contributed by atoms with Crippen molar-refractivity contribution in [1.82, 2.24) is 0 Å². The van der Waals surface area contributed by atoms with Crippen molar-refractivity contribution < 1.29 is 19.2 Å². The zero-order chi connectivity index (χ0) is 10.8. The molecule has 2 rings (SSSR count). The van der Waals surface area contributed by atoms with E-state index in [1.165, 1.54) is 23.1 Å². The molecule has 0 aliphatic heterocycles. The molecule has 1 aromatic carbocycles. The van der Waals surface area contributed by atoms with Crippen molar-refractivity contribution in [2.45, 2.75) is 27.2 Å². The minimum absolute atomic E-state index is 0.0823. The molecule has 0 heterocycles. The molecule has 1 aliphatic carbocycles. The Labute approximate surface area is 101 Å². The zero-order valence-electron chi connectivity index (χ0n) is 9.59. The quantitative estimate of drug-likeness (QED) is 0.686. The van der Waals surface area contributed by atoms with E-state index in [9.17, 15) is 0 Å². The van der Waals surface area contributed by atoms with Crippen LogP contribution in [0.5, 0.6) is 0 Å². The van der Waals surface area contributed by atoms with Crippen molar-refractivity contribution in [2.75, 3.05) is 0 Å². The molecule has 0 saturated heterocycles. The van der Waals surface area contributed by atoms with Crippen LogP contribution in [0.15, 0.2) is 39.8 Å². The van der Waals surface area contributed by atoms with Crippen molar-refractivity contribution in [2.24, 2.45) is 0 Å². The van der Waals surface area contributed by atoms with Crippen molar-refractivity contribution in [3.63, 3.8) is 0 Å². The second-order valence-electron chi connectivity index (χ2n) is 4.14. The average molecular weight is 232 g/mol. The van der Waals surface area contributed by atoms with Gasteiger partial charge in [0.25, 0.3) is 0 Å². The normalized spacial score (nSPS) is 14.9. The van der Waals surface area contributed by atoms with Gasteiger partial charge in [0, 0.05) is 0 Å². The summed E-state index contributed by atoms with van der Waals surface area (Å²) in [6, 6.07) is 6.71. The van der Waals surface area contributed by atoms with Crippen molar-refractivity contribution in [3.05, 3.63) is 50.9 Å². The van der Waals surface area contributed by atoms with E-state index in [2.05, 4.69) is 51.1 Å². The molecule has 0 radical (unpaired) electrons. The molecule has 0 spiro atoms. The molecule has 0 saturated carbocycles. The van der Waals surface area contributed by atoms with E-state index >= 15 is 0 Å².